The molecule has 8 heteroatoms. The number of hydrogen-bond donors (Lipinski definition) is 0. The number of rotatable bonds is 7. The van der Waals surface area contributed by atoms with E-state index in [1.54, 1.807) is 61.7 Å². The van der Waals surface area contributed by atoms with Gasteiger partial charge in [-0.15, -0.1) is 0 Å². The molecule has 0 aromatic heterocycles. The fourth-order valence-electron chi connectivity index (χ4n) is 3.16. The van der Waals surface area contributed by atoms with Gasteiger partial charge in [-0.05, 0) is 54.6 Å². The van der Waals surface area contributed by atoms with Crippen LogP contribution in [0.5, 0.6) is 11.5 Å². The summed E-state index contributed by atoms with van der Waals surface area (Å²) in [6, 6.07) is 17.2. The minimum Gasteiger partial charge on any atom is -0.546 e. The minimum absolute atomic E-state index is 0. The minimum atomic E-state index is -1.30. The number of aromatic nitrogens is 1. The number of nitrogens with zero attached hydrogens (tertiary/aromatic N) is 1. The first kappa shape index (κ1) is 22.6. The van der Waals surface area contributed by atoms with E-state index in [4.69, 9.17) is 14.0 Å². The Kier molecular flexibility index (Phi) is 7.12. The van der Waals surface area contributed by atoms with Crippen molar-refractivity contribution < 1.29 is 58.2 Å². The number of carbonyl (C=O) groups is 2. The Morgan fingerprint density at radius 1 is 0.935 bits per heavy atom. The van der Waals surface area contributed by atoms with Crippen molar-refractivity contribution in [3.8, 4) is 33.9 Å². The molecule has 0 saturated heterocycles. The van der Waals surface area contributed by atoms with Crippen LogP contribution in [0.1, 0.15) is 15.9 Å². The van der Waals surface area contributed by atoms with Crippen molar-refractivity contribution >= 4 is 11.8 Å². The summed E-state index contributed by atoms with van der Waals surface area (Å²) < 4.78 is 15.5. The van der Waals surface area contributed by atoms with Gasteiger partial charge in [0.1, 0.15) is 30.1 Å². The van der Waals surface area contributed by atoms with Gasteiger partial charge in [-0.3, -0.25) is 4.79 Å². The third kappa shape index (κ3) is 4.80. The van der Waals surface area contributed by atoms with Crippen LogP contribution in [0, 0.1) is 0 Å². The Labute approximate surface area is 200 Å². The predicted molar refractivity (Wildman–Crippen MR) is 105 cm³/mol. The van der Waals surface area contributed by atoms with E-state index >= 15 is 0 Å². The molecule has 1 aliphatic heterocycles. The van der Waals surface area contributed by atoms with Gasteiger partial charge in [-0.1, -0.05) is 11.2 Å². The third-order valence-corrected chi connectivity index (χ3v) is 4.65. The molecule has 0 saturated carbocycles. The van der Waals surface area contributed by atoms with Crippen LogP contribution in [0.4, 0.5) is 0 Å². The Balaban J connectivity index is 0.00000272. The van der Waals surface area contributed by atoms with Gasteiger partial charge >= 0.3 is 29.6 Å². The average molecular weight is 425 g/mol. The van der Waals surface area contributed by atoms with E-state index in [2.05, 4.69) is 5.16 Å². The number of carboxylic acid groups (broad SMARTS) is 1. The first-order chi connectivity index (χ1) is 14.6. The van der Waals surface area contributed by atoms with Crippen LogP contribution in [0.15, 0.2) is 71.4 Å². The van der Waals surface area contributed by atoms with Crippen molar-refractivity contribution in [2.24, 2.45) is 0 Å². The molecule has 2 aliphatic rings. The molecular weight excluding hydrogens is 409 g/mol. The number of benzene rings is 2. The van der Waals surface area contributed by atoms with Gasteiger partial charge in [0.25, 0.3) is 0 Å². The molecule has 1 heterocycles. The summed E-state index contributed by atoms with van der Waals surface area (Å²) in [6.07, 6.45) is 1.45. The van der Waals surface area contributed by atoms with Gasteiger partial charge in [-0.25, -0.2) is 0 Å². The van der Waals surface area contributed by atoms with Crippen molar-refractivity contribution in [3.63, 3.8) is 0 Å². The first-order valence-corrected chi connectivity index (χ1v) is 9.06. The van der Waals surface area contributed by atoms with Gasteiger partial charge in [-0.2, -0.15) is 0 Å². The molecule has 31 heavy (non-hydrogen) atoms. The van der Waals surface area contributed by atoms with Crippen molar-refractivity contribution in [2.75, 3.05) is 13.7 Å². The van der Waals surface area contributed by atoms with Crippen molar-refractivity contribution in [2.45, 2.75) is 0 Å². The van der Waals surface area contributed by atoms with Gasteiger partial charge in [0.15, 0.2) is 5.78 Å². The molecule has 2 aromatic rings. The van der Waals surface area contributed by atoms with Crippen LogP contribution >= 0.6 is 0 Å². The average Bonchev–Trinajstić information content (AvgIpc) is 3.22. The number of hydrogen-bond acceptors (Lipinski definition) is 7. The Hall–Kier alpha value is -3.13. The number of carboxylic acids is 1. The predicted octanol–water partition coefficient (Wildman–Crippen LogP) is -0.181. The summed E-state index contributed by atoms with van der Waals surface area (Å²) in [6.45, 7) is -0.526. The van der Waals surface area contributed by atoms with Gasteiger partial charge in [0.2, 0.25) is 0 Å². The van der Waals surface area contributed by atoms with Crippen molar-refractivity contribution in [1.82, 2.24) is 5.16 Å². The van der Waals surface area contributed by atoms with Gasteiger partial charge in [0, 0.05) is 27.8 Å². The summed E-state index contributed by atoms with van der Waals surface area (Å²) in [5.74, 6) is -0.362. The summed E-state index contributed by atoms with van der Waals surface area (Å²) in [5, 5.41) is 14.6. The number of carbonyl (C=O) groups excluding carboxylic acids is 2. The molecule has 7 nitrogen and oxygen atoms in total. The zero-order valence-corrected chi connectivity index (χ0v) is 19.0. The van der Waals surface area contributed by atoms with Crippen LogP contribution in [0.3, 0.4) is 0 Å². The molecule has 150 valence electrons. The number of aliphatic carboxylic acids is 1. The van der Waals surface area contributed by atoms with E-state index in [0.717, 1.165) is 11.1 Å². The topological polar surface area (TPSA) is 102 Å². The van der Waals surface area contributed by atoms with Crippen LogP contribution in [-0.2, 0) is 4.79 Å². The van der Waals surface area contributed by atoms with Crippen molar-refractivity contribution in [3.05, 3.63) is 78.1 Å². The number of methoxy groups -OCH3 is 1. The second-order valence-corrected chi connectivity index (χ2v) is 6.48. The molecule has 0 N–H and O–H groups in total. The zero-order valence-electron chi connectivity index (χ0n) is 17.0. The van der Waals surface area contributed by atoms with E-state index in [1.165, 1.54) is 6.26 Å². The molecule has 0 bridgehead atoms. The summed E-state index contributed by atoms with van der Waals surface area (Å²) >= 11 is 0. The SMILES string of the molecule is COc1ccc(C(=O)c2ccc3c(-c4ccc(OCC(=O)[O-])cc4)nocc2-3)cc1.[Na+]. The largest absolute Gasteiger partial charge is 1.00 e. The number of ether oxygens (including phenoxy) is 2. The third-order valence-electron chi connectivity index (χ3n) is 4.65. The molecule has 0 spiro atoms. The maximum Gasteiger partial charge on any atom is 1.00 e. The molecule has 1 aliphatic carbocycles. The Morgan fingerprint density at radius 3 is 2.26 bits per heavy atom. The monoisotopic (exact) mass is 425 g/mol. The Morgan fingerprint density at radius 2 is 1.61 bits per heavy atom. The maximum atomic E-state index is 13.0. The van der Waals surface area contributed by atoms with Gasteiger partial charge < -0.3 is 23.9 Å². The number of fused-ring (bicyclic) bond motifs is 1. The summed E-state index contributed by atoms with van der Waals surface area (Å²) in [7, 11) is 1.57. The van der Waals surface area contributed by atoms with Crippen LogP contribution in [0.2, 0.25) is 0 Å². The molecular formula is C23H16NNaO6. The second-order valence-electron chi connectivity index (χ2n) is 6.48. The maximum absolute atomic E-state index is 13.0. The fraction of sp³-hybridized carbons (Fsp3) is 0.0870. The van der Waals surface area contributed by atoms with Gasteiger partial charge in [0.05, 0.1) is 13.1 Å². The van der Waals surface area contributed by atoms with E-state index < -0.39 is 12.6 Å². The van der Waals surface area contributed by atoms with Crippen LogP contribution < -0.4 is 44.1 Å². The smallest absolute Gasteiger partial charge is 0.546 e. The fourth-order valence-corrected chi connectivity index (χ4v) is 3.16. The Bertz CT molecular complexity index is 1170. The van der Waals surface area contributed by atoms with E-state index in [0.29, 0.717) is 33.9 Å². The van der Waals surface area contributed by atoms with E-state index in [1.807, 2.05) is 6.07 Å². The molecule has 0 unspecified atom stereocenters. The second kappa shape index (κ2) is 9.78. The summed E-state index contributed by atoms with van der Waals surface area (Å²) in [5.41, 5.74) is 3.76. The van der Waals surface area contributed by atoms with E-state index in [-0.39, 0.29) is 35.3 Å². The number of ketones is 1. The molecule has 4 rings (SSSR count). The molecule has 0 fully saturated rings. The molecule has 0 atom stereocenters. The van der Waals surface area contributed by atoms with E-state index in [9.17, 15) is 14.7 Å². The molecule has 0 radical (unpaired) electrons. The zero-order chi connectivity index (χ0) is 21.1. The standard InChI is InChI=1S/C23H17NO6.Na/c1-28-16-6-4-15(5-7-16)23(27)19-11-10-18-20(19)12-30-24-22(18)14-2-8-17(9-3-14)29-13-21(25)26;/h2-12H,13H2,1H3,(H,25,26);/q;+1/p-1. The normalized spacial score (nSPS) is 10.4. The van der Waals surface area contributed by atoms with Crippen LogP contribution in [-0.4, -0.2) is 30.6 Å². The van der Waals surface area contributed by atoms with Crippen LogP contribution in [0.25, 0.3) is 22.4 Å². The van der Waals surface area contributed by atoms with Crippen molar-refractivity contribution in [1.29, 1.82) is 0 Å². The first-order valence-electron chi connectivity index (χ1n) is 9.06. The molecule has 2 aromatic carbocycles. The quantitative estimate of drug-likeness (QED) is 0.299. The molecule has 0 amide bonds. The summed E-state index contributed by atoms with van der Waals surface area (Å²) in [4.78, 5) is 23.5.